The Kier molecular flexibility index (Phi) is 7.12. The molecule has 1 amide bonds. The van der Waals surface area contributed by atoms with Crippen molar-refractivity contribution in [2.45, 2.75) is 19.8 Å². The third-order valence-corrected chi connectivity index (χ3v) is 4.05. The Labute approximate surface area is 160 Å². The highest BCUT2D eigenvalue weighted by atomic mass is 35.5. The van der Waals surface area contributed by atoms with Gasteiger partial charge in [0.15, 0.2) is 18.2 Å². The van der Waals surface area contributed by atoms with E-state index < -0.39 is 18.5 Å². The Morgan fingerprint density at radius 2 is 1.77 bits per heavy atom. The van der Waals surface area contributed by atoms with E-state index in [-0.39, 0.29) is 29.5 Å². The summed E-state index contributed by atoms with van der Waals surface area (Å²) in [7, 11) is 0. The zero-order valence-corrected chi connectivity index (χ0v) is 15.4. The summed E-state index contributed by atoms with van der Waals surface area (Å²) in [5.74, 6) is -1.27. The highest BCUT2D eigenvalue weighted by molar-refractivity contribution is 6.36. The number of aromatic nitrogens is 1. The van der Waals surface area contributed by atoms with Crippen molar-refractivity contribution in [3.8, 4) is 0 Å². The molecule has 1 N–H and O–H groups in total. The summed E-state index contributed by atoms with van der Waals surface area (Å²) in [4.78, 5) is 39.5. The minimum atomic E-state index is -0.643. The van der Waals surface area contributed by atoms with Gasteiger partial charge in [0.2, 0.25) is 0 Å². The molecule has 0 aliphatic heterocycles. The number of carbonyl (C=O) groups excluding carboxylic acids is 3. The first-order valence-electron chi connectivity index (χ1n) is 7.73. The van der Waals surface area contributed by atoms with Crippen LogP contribution in [0, 0.1) is 6.92 Å². The van der Waals surface area contributed by atoms with Crippen LogP contribution < -0.4 is 5.32 Å². The van der Waals surface area contributed by atoms with Crippen molar-refractivity contribution in [1.29, 1.82) is 0 Å². The van der Waals surface area contributed by atoms with Gasteiger partial charge in [-0.25, -0.2) is 4.98 Å². The lowest BCUT2D eigenvalue weighted by atomic mass is 10.1. The third-order valence-electron chi connectivity index (χ3n) is 3.38. The van der Waals surface area contributed by atoms with Crippen molar-refractivity contribution in [3.05, 3.63) is 57.7 Å². The molecule has 0 unspecified atom stereocenters. The number of aryl methyl sites for hydroxylation is 1. The summed E-state index contributed by atoms with van der Waals surface area (Å²) in [5, 5.41) is 2.99. The van der Waals surface area contributed by atoms with Crippen LogP contribution in [0.25, 0.3) is 0 Å². The van der Waals surface area contributed by atoms with Gasteiger partial charge in [0, 0.05) is 12.0 Å². The number of hydrogen-bond donors (Lipinski definition) is 1. The number of halogens is 2. The summed E-state index contributed by atoms with van der Waals surface area (Å²) in [6.07, 6.45) is -0.103. The largest absolute Gasteiger partial charge is 0.456 e. The summed E-state index contributed by atoms with van der Waals surface area (Å²) in [6, 6.07) is 10.1. The minimum Gasteiger partial charge on any atom is -0.456 e. The molecule has 1 aromatic heterocycles. The predicted octanol–water partition coefficient (Wildman–Crippen LogP) is 3.84. The third kappa shape index (κ3) is 5.82. The standard InChI is InChI=1S/C18H16Cl2N2O4/c1-11-13(19)9-14(20)18(21-11)22-16(24)10-26-17(25)8-7-15(23)12-5-3-2-4-6-12/h2-6,9H,7-8,10H2,1H3,(H,21,22,24). The molecule has 0 aliphatic rings. The van der Waals surface area contributed by atoms with E-state index in [0.717, 1.165) is 0 Å². The SMILES string of the molecule is Cc1nc(NC(=O)COC(=O)CCC(=O)c2ccccc2)c(Cl)cc1Cl. The van der Waals surface area contributed by atoms with Crippen LogP contribution in [0.5, 0.6) is 0 Å². The lowest BCUT2D eigenvalue weighted by Gasteiger charge is -2.09. The lowest BCUT2D eigenvalue weighted by molar-refractivity contribution is -0.147. The topological polar surface area (TPSA) is 85.4 Å². The Hall–Kier alpha value is -2.44. The molecule has 26 heavy (non-hydrogen) atoms. The first-order valence-corrected chi connectivity index (χ1v) is 8.48. The zero-order chi connectivity index (χ0) is 19.1. The van der Waals surface area contributed by atoms with E-state index >= 15 is 0 Å². The van der Waals surface area contributed by atoms with Crippen LogP contribution >= 0.6 is 23.2 Å². The van der Waals surface area contributed by atoms with Gasteiger partial charge in [0.1, 0.15) is 0 Å². The maximum atomic E-state index is 11.9. The van der Waals surface area contributed by atoms with Crippen LogP contribution in [0.4, 0.5) is 5.82 Å². The van der Waals surface area contributed by atoms with Crippen molar-refractivity contribution in [1.82, 2.24) is 4.98 Å². The van der Waals surface area contributed by atoms with Crippen LogP contribution in [0.15, 0.2) is 36.4 Å². The molecule has 0 saturated heterocycles. The van der Waals surface area contributed by atoms with Gasteiger partial charge in [-0.2, -0.15) is 0 Å². The number of anilines is 1. The highest BCUT2D eigenvalue weighted by Gasteiger charge is 2.14. The Morgan fingerprint density at radius 1 is 1.08 bits per heavy atom. The van der Waals surface area contributed by atoms with E-state index in [0.29, 0.717) is 16.3 Å². The van der Waals surface area contributed by atoms with Crippen molar-refractivity contribution in [2.75, 3.05) is 11.9 Å². The first-order chi connectivity index (χ1) is 12.4. The van der Waals surface area contributed by atoms with Gasteiger partial charge in [-0.05, 0) is 13.0 Å². The van der Waals surface area contributed by atoms with Crippen LogP contribution in [0.2, 0.25) is 10.0 Å². The normalized spacial score (nSPS) is 10.3. The second-order valence-corrected chi connectivity index (χ2v) is 6.20. The Balaban J connectivity index is 1.77. The molecule has 1 aromatic carbocycles. The number of esters is 1. The summed E-state index contributed by atoms with van der Waals surface area (Å²) in [6.45, 7) is 1.16. The second-order valence-electron chi connectivity index (χ2n) is 5.38. The summed E-state index contributed by atoms with van der Waals surface area (Å²) < 4.78 is 4.86. The molecule has 0 spiro atoms. The molecular weight excluding hydrogens is 379 g/mol. The molecule has 0 aliphatic carbocycles. The van der Waals surface area contributed by atoms with E-state index in [2.05, 4.69) is 10.3 Å². The number of benzene rings is 1. The predicted molar refractivity (Wildman–Crippen MR) is 98.6 cm³/mol. The van der Waals surface area contributed by atoms with Crippen LogP contribution in [-0.2, 0) is 14.3 Å². The van der Waals surface area contributed by atoms with Crippen molar-refractivity contribution >= 4 is 46.7 Å². The highest BCUT2D eigenvalue weighted by Crippen LogP contribution is 2.25. The quantitative estimate of drug-likeness (QED) is 0.569. The number of pyridine rings is 1. The molecule has 2 aromatic rings. The summed E-state index contributed by atoms with van der Waals surface area (Å²) in [5.41, 5.74) is 1.03. The number of ether oxygens (including phenoxy) is 1. The number of ketones is 1. The zero-order valence-electron chi connectivity index (χ0n) is 13.9. The van der Waals surface area contributed by atoms with Gasteiger partial charge in [-0.3, -0.25) is 14.4 Å². The molecule has 0 atom stereocenters. The van der Waals surface area contributed by atoms with Gasteiger partial charge >= 0.3 is 5.97 Å². The van der Waals surface area contributed by atoms with E-state index in [1.54, 1.807) is 37.3 Å². The van der Waals surface area contributed by atoms with Crippen molar-refractivity contribution in [3.63, 3.8) is 0 Å². The van der Waals surface area contributed by atoms with E-state index in [9.17, 15) is 14.4 Å². The minimum absolute atomic E-state index is 0.00816. The number of nitrogens with zero attached hydrogens (tertiary/aromatic N) is 1. The van der Waals surface area contributed by atoms with Crippen LogP contribution in [-0.4, -0.2) is 29.3 Å². The maximum Gasteiger partial charge on any atom is 0.306 e. The van der Waals surface area contributed by atoms with Crippen molar-refractivity contribution in [2.24, 2.45) is 0 Å². The average molecular weight is 395 g/mol. The molecule has 2 rings (SSSR count). The van der Waals surface area contributed by atoms with E-state index in [4.69, 9.17) is 27.9 Å². The maximum absolute atomic E-state index is 11.9. The first kappa shape index (κ1) is 19.9. The fourth-order valence-electron chi connectivity index (χ4n) is 2.02. The number of rotatable bonds is 7. The van der Waals surface area contributed by atoms with Gasteiger partial charge in [-0.15, -0.1) is 0 Å². The second kappa shape index (κ2) is 9.31. The fraction of sp³-hybridized carbons (Fsp3) is 0.222. The van der Waals surface area contributed by atoms with Gasteiger partial charge in [0.05, 0.1) is 22.2 Å². The average Bonchev–Trinajstić information content (AvgIpc) is 2.63. The van der Waals surface area contributed by atoms with E-state index in [1.807, 2.05) is 0 Å². The molecule has 0 saturated carbocycles. The number of nitrogens with one attached hydrogen (secondary N) is 1. The molecule has 1 heterocycles. The Bertz CT molecular complexity index is 825. The number of Topliss-reactive ketones (excluding diaryl/α,β-unsaturated/α-hetero) is 1. The molecule has 136 valence electrons. The number of amides is 1. The number of carbonyl (C=O) groups is 3. The molecular formula is C18H16Cl2N2O4. The monoisotopic (exact) mass is 394 g/mol. The number of hydrogen-bond acceptors (Lipinski definition) is 5. The van der Waals surface area contributed by atoms with E-state index in [1.165, 1.54) is 6.07 Å². The fourth-order valence-corrected chi connectivity index (χ4v) is 2.42. The smallest absolute Gasteiger partial charge is 0.306 e. The van der Waals surface area contributed by atoms with Gasteiger partial charge < -0.3 is 10.1 Å². The molecule has 0 fully saturated rings. The van der Waals surface area contributed by atoms with Crippen LogP contribution in [0.3, 0.4) is 0 Å². The lowest BCUT2D eigenvalue weighted by Crippen LogP contribution is -2.22. The molecule has 6 nitrogen and oxygen atoms in total. The van der Waals surface area contributed by atoms with Gasteiger partial charge in [-0.1, -0.05) is 53.5 Å². The Morgan fingerprint density at radius 3 is 2.46 bits per heavy atom. The molecule has 8 heteroatoms. The summed E-state index contributed by atoms with van der Waals surface area (Å²) >= 11 is 11.8. The van der Waals surface area contributed by atoms with Crippen LogP contribution in [0.1, 0.15) is 28.9 Å². The molecule has 0 radical (unpaired) electrons. The van der Waals surface area contributed by atoms with Crippen molar-refractivity contribution < 1.29 is 19.1 Å². The molecule has 0 bridgehead atoms. The van der Waals surface area contributed by atoms with Gasteiger partial charge in [0.25, 0.3) is 5.91 Å².